The van der Waals surface area contributed by atoms with Crippen molar-refractivity contribution in [1.29, 1.82) is 0 Å². The van der Waals surface area contributed by atoms with E-state index in [1.54, 1.807) is 0 Å². The molecule has 0 aliphatic carbocycles. The van der Waals surface area contributed by atoms with Crippen LogP contribution in [0.25, 0.3) is 0 Å². The van der Waals surface area contributed by atoms with E-state index in [1.165, 1.54) is 11.1 Å². The Balaban J connectivity index is 2.12. The third-order valence-corrected chi connectivity index (χ3v) is 3.40. The number of aliphatic hydroxyl groups excluding tert-OH is 1. The summed E-state index contributed by atoms with van der Waals surface area (Å²) in [6.07, 6.45) is 1.33. The van der Waals surface area contributed by atoms with Crippen LogP contribution in [0.3, 0.4) is 0 Å². The summed E-state index contributed by atoms with van der Waals surface area (Å²) in [6, 6.07) is 8.59. The Morgan fingerprint density at radius 2 is 1.82 bits per heavy atom. The normalized spacial score (nSPS) is 25.9. The maximum absolute atomic E-state index is 9.64. The van der Waals surface area contributed by atoms with E-state index in [2.05, 4.69) is 45.0 Å². The van der Waals surface area contributed by atoms with Gasteiger partial charge in [-0.3, -0.25) is 0 Å². The minimum Gasteiger partial charge on any atom is -0.393 e. The molecule has 17 heavy (non-hydrogen) atoms. The Kier molecular flexibility index (Phi) is 3.55. The van der Waals surface area contributed by atoms with Gasteiger partial charge in [0.2, 0.25) is 0 Å². The fourth-order valence-electron chi connectivity index (χ4n) is 2.21. The molecular weight excluding hydrogens is 212 g/mol. The fraction of sp³-hybridized carbons (Fsp3) is 0.600. The second-order valence-electron chi connectivity index (χ2n) is 5.91. The SMILES string of the molecule is CC(C)(C)c1ccc(C2CC(O)CCO2)cc1. The van der Waals surface area contributed by atoms with Crippen LogP contribution in [0.4, 0.5) is 0 Å². The zero-order valence-electron chi connectivity index (χ0n) is 10.9. The molecule has 1 aliphatic rings. The Labute approximate surface area is 104 Å². The van der Waals surface area contributed by atoms with Crippen molar-refractivity contribution in [1.82, 2.24) is 0 Å². The molecule has 1 aliphatic heterocycles. The van der Waals surface area contributed by atoms with E-state index in [9.17, 15) is 5.11 Å². The van der Waals surface area contributed by atoms with Crippen LogP contribution < -0.4 is 0 Å². The van der Waals surface area contributed by atoms with Gasteiger partial charge in [-0.2, -0.15) is 0 Å². The predicted octanol–water partition coefficient (Wildman–Crippen LogP) is 3.20. The smallest absolute Gasteiger partial charge is 0.0849 e. The molecule has 2 rings (SSSR count). The molecule has 2 atom stereocenters. The molecule has 0 aromatic heterocycles. The van der Waals surface area contributed by atoms with Gasteiger partial charge in [0.25, 0.3) is 0 Å². The van der Waals surface area contributed by atoms with Crippen LogP contribution in [0.15, 0.2) is 24.3 Å². The molecule has 2 nitrogen and oxygen atoms in total. The van der Waals surface area contributed by atoms with E-state index >= 15 is 0 Å². The molecule has 1 saturated heterocycles. The fourth-order valence-corrected chi connectivity index (χ4v) is 2.21. The molecule has 0 bridgehead atoms. The van der Waals surface area contributed by atoms with Gasteiger partial charge >= 0.3 is 0 Å². The molecule has 2 unspecified atom stereocenters. The van der Waals surface area contributed by atoms with E-state index in [4.69, 9.17) is 4.74 Å². The van der Waals surface area contributed by atoms with Crippen LogP contribution >= 0.6 is 0 Å². The molecule has 1 fully saturated rings. The van der Waals surface area contributed by atoms with Crippen LogP contribution in [0.5, 0.6) is 0 Å². The highest BCUT2D eigenvalue weighted by molar-refractivity contribution is 5.28. The van der Waals surface area contributed by atoms with Gasteiger partial charge in [0, 0.05) is 13.0 Å². The molecule has 0 saturated carbocycles. The maximum atomic E-state index is 9.64. The van der Waals surface area contributed by atoms with Crippen molar-refractivity contribution in [2.45, 2.75) is 51.2 Å². The minimum absolute atomic E-state index is 0.0627. The van der Waals surface area contributed by atoms with Gasteiger partial charge in [0.1, 0.15) is 0 Å². The molecule has 1 aromatic rings. The molecule has 0 radical (unpaired) electrons. The average Bonchev–Trinajstić information content (AvgIpc) is 2.28. The first-order chi connectivity index (χ1) is 7.97. The zero-order valence-corrected chi connectivity index (χ0v) is 10.9. The summed E-state index contributed by atoms with van der Waals surface area (Å²) >= 11 is 0. The van der Waals surface area contributed by atoms with Crippen LogP contribution in [0.2, 0.25) is 0 Å². The predicted molar refractivity (Wildman–Crippen MR) is 69.1 cm³/mol. The number of aliphatic hydroxyl groups is 1. The van der Waals surface area contributed by atoms with Gasteiger partial charge in [0.15, 0.2) is 0 Å². The molecule has 0 amide bonds. The Hall–Kier alpha value is -0.860. The van der Waals surface area contributed by atoms with E-state index in [0.717, 1.165) is 12.8 Å². The van der Waals surface area contributed by atoms with E-state index in [1.807, 2.05) is 0 Å². The van der Waals surface area contributed by atoms with Gasteiger partial charge < -0.3 is 9.84 Å². The first-order valence-corrected chi connectivity index (χ1v) is 6.37. The first kappa shape index (κ1) is 12.6. The number of hydrogen-bond acceptors (Lipinski definition) is 2. The van der Waals surface area contributed by atoms with E-state index in [-0.39, 0.29) is 17.6 Å². The zero-order chi connectivity index (χ0) is 12.5. The van der Waals surface area contributed by atoms with Gasteiger partial charge in [-0.15, -0.1) is 0 Å². The second kappa shape index (κ2) is 4.79. The quantitative estimate of drug-likeness (QED) is 0.808. The second-order valence-corrected chi connectivity index (χ2v) is 5.91. The third kappa shape index (κ3) is 3.08. The summed E-state index contributed by atoms with van der Waals surface area (Å²) in [6.45, 7) is 7.29. The van der Waals surface area contributed by atoms with Gasteiger partial charge in [0.05, 0.1) is 12.2 Å². The van der Waals surface area contributed by atoms with Crippen molar-refractivity contribution in [2.24, 2.45) is 0 Å². The van der Waals surface area contributed by atoms with Crippen molar-refractivity contribution >= 4 is 0 Å². The van der Waals surface area contributed by atoms with Crippen molar-refractivity contribution in [3.63, 3.8) is 0 Å². The topological polar surface area (TPSA) is 29.5 Å². The Morgan fingerprint density at radius 3 is 2.35 bits per heavy atom. The summed E-state index contributed by atoms with van der Waals surface area (Å²) in [5.41, 5.74) is 2.69. The van der Waals surface area contributed by atoms with Gasteiger partial charge in [-0.05, 0) is 23.0 Å². The van der Waals surface area contributed by atoms with Crippen LogP contribution in [-0.2, 0) is 10.2 Å². The Bertz CT molecular complexity index is 362. The molecule has 0 spiro atoms. The summed E-state index contributed by atoms with van der Waals surface area (Å²) in [4.78, 5) is 0. The summed E-state index contributed by atoms with van der Waals surface area (Å²) < 4.78 is 5.70. The van der Waals surface area contributed by atoms with E-state index < -0.39 is 0 Å². The lowest BCUT2D eigenvalue weighted by Crippen LogP contribution is -2.23. The first-order valence-electron chi connectivity index (χ1n) is 6.37. The van der Waals surface area contributed by atoms with Crippen molar-refractivity contribution in [2.75, 3.05) is 6.61 Å². The lowest BCUT2D eigenvalue weighted by molar-refractivity contribution is -0.0448. The molecule has 1 aromatic carbocycles. The lowest BCUT2D eigenvalue weighted by atomic mass is 9.86. The number of ether oxygens (including phenoxy) is 1. The lowest BCUT2D eigenvalue weighted by Gasteiger charge is -2.27. The highest BCUT2D eigenvalue weighted by atomic mass is 16.5. The van der Waals surface area contributed by atoms with Crippen LogP contribution in [0.1, 0.15) is 50.8 Å². The van der Waals surface area contributed by atoms with Crippen molar-refractivity contribution < 1.29 is 9.84 Å². The molecule has 94 valence electrons. The summed E-state index contributed by atoms with van der Waals surface area (Å²) in [5.74, 6) is 0. The number of benzene rings is 1. The Morgan fingerprint density at radius 1 is 1.18 bits per heavy atom. The average molecular weight is 234 g/mol. The van der Waals surface area contributed by atoms with Crippen molar-refractivity contribution in [3.8, 4) is 0 Å². The largest absolute Gasteiger partial charge is 0.393 e. The number of hydrogen-bond donors (Lipinski definition) is 1. The highest BCUT2D eigenvalue weighted by Gasteiger charge is 2.22. The third-order valence-electron chi connectivity index (χ3n) is 3.40. The monoisotopic (exact) mass is 234 g/mol. The molecule has 2 heteroatoms. The standard InChI is InChI=1S/C15H22O2/c1-15(2,3)12-6-4-11(5-7-12)14-10-13(16)8-9-17-14/h4-7,13-14,16H,8-10H2,1-3H3. The molecular formula is C15H22O2. The highest BCUT2D eigenvalue weighted by Crippen LogP contribution is 2.30. The van der Waals surface area contributed by atoms with Gasteiger partial charge in [-0.1, -0.05) is 45.0 Å². The van der Waals surface area contributed by atoms with Crippen LogP contribution in [-0.4, -0.2) is 17.8 Å². The van der Waals surface area contributed by atoms with Crippen molar-refractivity contribution in [3.05, 3.63) is 35.4 Å². The van der Waals surface area contributed by atoms with Crippen LogP contribution in [0, 0.1) is 0 Å². The minimum atomic E-state index is -0.212. The maximum Gasteiger partial charge on any atom is 0.0849 e. The summed E-state index contributed by atoms with van der Waals surface area (Å²) in [5, 5.41) is 9.64. The molecule has 1 heterocycles. The summed E-state index contributed by atoms with van der Waals surface area (Å²) in [7, 11) is 0. The van der Waals surface area contributed by atoms with E-state index in [0.29, 0.717) is 6.61 Å². The van der Waals surface area contributed by atoms with Gasteiger partial charge in [-0.25, -0.2) is 0 Å². The number of rotatable bonds is 1. The molecule has 1 N–H and O–H groups in total.